The number of fused-ring (bicyclic) bond motifs is 1. The highest BCUT2D eigenvalue weighted by atomic mass is 32.2. The second kappa shape index (κ2) is 5.75. The number of hydrogen-bond acceptors (Lipinski definition) is 4. The lowest BCUT2D eigenvalue weighted by Gasteiger charge is -2.13. The molecule has 0 fully saturated rings. The van der Waals surface area contributed by atoms with Gasteiger partial charge in [0.25, 0.3) is 5.56 Å². The maximum atomic E-state index is 12.0. The molecule has 5 heteroatoms. The zero-order chi connectivity index (χ0) is 14.0. The minimum atomic E-state index is -0.366. The van der Waals surface area contributed by atoms with Gasteiger partial charge in [0.05, 0.1) is 11.8 Å². The van der Waals surface area contributed by atoms with Crippen LogP contribution in [0, 0.1) is 6.92 Å². The van der Waals surface area contributed by atoms with Crippen LogP contribution in [0.15, 0.2) is 29.2 Å². The van der Waals surface area contributed by atoms with E-state index in [0.29, 0.717) is 11.4 Å². The van der Waals surface area contributed by atoms with Crippen molar-refractivity contribution in [3.63, 3.8) is 0 Å². The number of rotatable bonds is 4. The van der Waals surface area contributed by atoms with Crippen LogP contribution in [0.4, 0.5) is 0 Å². The standard InChI is InChI=1S/C14H18N2O2S/c1-9-4-5-13-15-12(6-14(18)16(13)7-9)8-19-11(3)10(2)17/h4-7,10-11,17H,8H2,1-3H3. The highest BCUT2D eigenvalue weighted by Crippen LogP contribution is 2.18. The first kappa shape index (κ1) is 14.1. The second-order valence-corrected chi connectivity index (χ2v) is 6.14. The third-order valence-electron chi connectivity index (χ3n) is 3.03. The molecule has 0 saturated heterocycles. The van der Waals surface area contributed by atoms with E-state index in [1.807, 2.05) is 26.0 Å². The first-order chi connectivity index (χ1) is 8.97. The van der Waals surface area contributed by atoms with Crippen LogP contribution in [0.5, 0.6) is 0 Å². The minimum absolute atomic E-state index is 0.0611. The fourth-order valence-corrected chi connectivity index (χ4v) is 2.55. The van der Waals surface area contributed by atoms with Crippen LogP contribution in [0.3, 0.4) is 0 Å². The summed E-state index contributed by atoms with van der Waals surface area (Å²) in [7, 11) is 0. The summed E-state index contributed by atoms with van der Waals surface area (Å²) in [5.74, 6) is 0.631. The molecule has 2 aromatic heterocycles. The van der Waals surface area contributed by atoms with Gasteiger partial charge < -0.3 is 5.11 Å². The van der Waals surface area contributed by atoms with E-state index in [4.69, 9.17) is 0 Å². The van der Waals surface area contributed by atoms with Crippen molar-refractivity contribution >= 4 is 17.4 Å². The number of pyridine rings is 1. The summed E-state index contributed by atoms with van der Waals surface area (Å²) < 4.78 is 1.56. The largest absolute Gasteiger partial charge is 0.392 e. The van der Waals surface area contributed by atoms with E-state index in [1.165, 1.54) is 0 Å². The second-order valence-electron chi connectivity index (χ2n) is 4.78. The molecular weight excluding hydrogens is 260 g/mol. The van der Waals surface area contributed by atoms with E-state index in [1.54, 1.807) is 35.3 Å². The number of hydrogen-bond donors (Lipinski definition) is 1. The molecule has 0 aliphatic carbocycles. The predicted molar refractivity (Wildman–Crippen MR) is 78.6 cm³/mol. The summed E-state index contributed by atoms with van der Waals surface area (Å²) in [6.45, 7) is 5.68. The number of aromatic nitrogens is 2. The van der Waals surface area contributed by atoms with Crippen molar-refractivity contribution in [2.24, 2.45) is 0 Å². The molecular formula is C14H18N2O2S. The number of thioether (sulfide) groups is 1. The van der Waals surface area contributed by atoms with Crippen LogP contribution in [0.2, 0.25) is 0 Å². The van der Waals surface area contributed by atoms with Crippen molar-refractivity contribution in [2.45, 2.75) is 37.9 Å². The fourth-order valence-electron chi connectivity index (χ4n) is 1.69. The van der Waals surface area contributed by atoms with E-state index >= 15 is 0 Å². The molecule has 0 aromatic carbocycles. The first-order valence-electron chi connectivity index (χ1n) is 6.26. The lowest BCUT2D eigenvalue weighted by molar-refractivity contribution is 0.196. The highest BCUT2D eigenvalue weighted by molar-refractivity contribution is 7.99. The smallest absolute Gasteiger partial charge is 0.258 e. The van der Waals surface area contributed by atoms with Crippen LogP contribution < -0.4 is 5.56 Å². The van der Waals surface area contributed by atoms with E-state index < -0.39 is 0 Å². The highest BCUT2D eigenvalue weighted by Gasteiger charge is 2.10. The zero-order valence-electron chi connectivity index (χ0n) is 11.3. The van der Waals surface area contributed by atoms with Crippen molar-refractivity contribution in [3.8, 4) is 0 Å². The van der Waals surface area contributed by atoms with Crippen molar-refractivity contribution in [3.05, 3.63) is 46.0 Å². The van der Waals surface area contributed by atoms with Gasteiger partial charge in [-0.15, -0.1) is 11.8 Å². The average Bonchev–Trinajstić information content (AvgIpc) is 2.36. The van der Waals surface area contributed by atoms with Gasteiger partial charge >= 0.3 is 0 Å². The van der Waals surface area contributed by atoms with Crippen molar-refractivity contribution in [1.82, 2.24) is 9.38 Å². The van der Waals surface area contributed by atoms with Crippen LogP contribution in [-0.2, 0) is 5.75 Å². The third-order valence-corrected chi connectivity index (χ3v) is 4.42. The van der Waals surface area contributed by atoms with Gasteiger partial charge in [-0.1, -0.05) is 13.0 Å². The molecule has 19 heavy (non-hydrogen) atoms. The quantitative estimate of drug-likeness (QED) is 0.929. The molecule has 2 atom stereocenters. The van der Waals surface area contributed by atoms with Crippen LogP contribution in [-0.4, -0.2) is 25.8 Å². The van der Waals surface area contributed by atoms with Gasteiger partial charge in [0, 0.05) is 23.3 Å². The van der Waals surface area contributed by atoms with E-state index in [-0.39, 0.29) is 16.9 Å². The van der Waals surface area contributed by atoms with Crippen LogP contribution in [0.1, 0.15) is 25.1 Å². The summed E-state index contributed by atoms with van der Waals surface area (Å²) in [6.07, 6.45) is 1.43. The lowest BCUT2D eigenvalue weighted by atomic mass is 10.3. The Bertz CT molecular complexity index is 637. The minimum Gasteiger partial charge on any atom is -0.392 e. The number of aliphatic hydroxyl groups is 1. The Morgan fingerprint density at radius 1 is 1.42 bits per heavy atom. The molecule has 0 spiro atoms. The molecule has 0 bridgehead atoms. The van der Waals surface area contributed by atoms with Crippen molar-refractivity contribution < 1.29 is 5.11 Å². The Balaban J connectivity index is 2.26. The molecule has 2 unspecified atom stereocenters. The van der Waals surface area contributed by atoms with Gasteiger partial charge in [-0.3, -0.25) is 9.20 Å². The average molecular weight is 278 g/mol. The third kappa shape index (κ3) is 3.36. The molecule has 0 radical (unpaired) electrons. The van der Waals surface area contributed by atoms with E-state index in [9.17, 15) is 9.90 Å². The SMILES string of the molecule is Cc1ccc2nc(CSC(C)C(C)O)cc(=O)n2c1. The molecule has 0 aliphatic rings. The molecule has 2 rings (SSSR count). The number of nitrogens with zero attached hydrogens (tertiary/aromatic N) is 2. The maximum absolute atomic E-state index is 12.0. The molecule has 102 valence electrons. The number of aryl methyl sites for hydroxylation is 1. The Hall–Kier alpha value is -1.33. The van der Waals surface area contributed by atoms with Gasteiger partial charge in [0.2, 0.25) is 0 Å². The first-order valence-corrected chi connectivity index (χ1v) is 7.31. The summed E-state index contributed by atoms with van der Waals surface area (Å²) in [6, 6.07) is 5.36. The zero-order valence-corrected chi connectivity index (χ0v) is 12.1. The van der Waals surface area contributed by atoms with Gasteiger partial charge in [0.1, 0.15) is 5.65 Å². The summed E-state index contributed by atoms with van der Waals surface area (Å²) in [5.41, 5.74) is 2.39. The van der Waals surface area contributed by atoms with Crippen molar-refractivity contribution in [1.29, 1.82) is 0 Å². The Labute approximate surface area is 116 Å². The topological polar surface area (TPSA) is 54.6 Å². The fraction of sp³-hybridized carbons (Fsp3) is 0.429. The normalized spacial score (nSPS) is 14.5. The molecule has 2 aromatic rings. The molecule has 0 amide bonds. The van der Waals surface area contributed by atoms with E-state index in [2.05, 4.69) is 4.98 Å². The maximum Gasteiger partial charge on any atom is 0.258 e. The van der Waals surface area contributed by atoms with Gasteiger partial charge in [-0.2, -0.15) is 0 Å². The van der Waals surface area contributed by atoms with Gasteiger partial charge in [-0.05, 0) is 25.5 Å². The summed E-state index contributed by atoms with van der Waals surface area (Å²) in [4.78, 5) is 16.5. The van der Waals surface area contributed by atoms with Crippen molar-refractivity contribution in [2.75, 3.05) is 0 Å². The van der Waals surface area contributed by atoms with Gasteiger partial charge in [-0.25, -0.2) is 4.98 Å². The number of aliphatic hydroxyl groups excluding tert-OH is 1. The predicted octanol–water partition coefficient (Wildman–Crippen LogP) is 2.01. The van der Waals surface area contributed by atoms with Gasteiger partial charge in [0.15, 0.2) is 0 Å². The summed E-state index contributed by atoms with van der Waals surface area (Å²) in [5, 5.41) is 9.57. The van der Waals surface area contributed by atoms with Crippen LogP contribution in [0.25, 0.3) is 5.65 Å². The van der Waals surface area contributed by atoms with E-state index in [0.717, 1.165) is 11.3 Å². The molecule has 4 nitrogen and oxygen atoms in total. The Kier molecular flexibility index (Phi) is 4.27. The Morgan fingerprint density at radius 2 is 2.16 bits per heavy atom. The summed E-state index contributed by atoms with van der Waals surface area (Å²) >= 11 is 1.60. The molecule has 0 aliphatic heterocycles. The molecule has 0 saturated carbocycles. The monoisotopic (exact) mass is 278 g/mol. The molecule has 2 heterocycles. The lowest BCUT2D eigenvalue weighted by Crippen LogP contribution is -2.17. The molecule has 1 N–H and O–H groups in total. The van der Waals surface area contributed by atoms with Crippen LogP contribution >= 0.6 is 11.8 Å². The Morgan fingerprint density at radius 3 is 2.84 bits per heavy atom.